The van der Waals surface area contributed by atoms with E-state index in [9.17, 15) is 9.59 Å². The summed E-state index contributed by atoms with van der Waals surface area (Å²) >= 11 is 1.50. The smallest absolute Gasteiger partial charge is 0.315 e. The summed E-state index contributed by atoms with van der Waals surface area (Å²) in [6.45, 7) is 2.06. The van der Waals surface area contributed by atoms with Gasteiger partial charge in [0.05, 0.1) is 17.2 Å². The average Bonchev–Trinajstić information content (AvgIpc) is 3.20. The number of imide groups is 1. The van der Waals surface area contributed by atoms with E-state index in [1.165, 1.54) is 16.2 Å². The van der Waals surface area contributed by atoms with Crippen molar-refractivity contribution in [2.45, 2.75) is 19.0 Å². The van der Waals surface area contributed by atoms with Crippen molar-refractivity contribution in [3.8, 4) is 0 Å². The van der Waals surface area contributed by atoms with E-state index in [1.807, 2.05) is 73.0 Å². The highest BCUT2D eigenvalue weighted by Crippen LogP contribution is 2.36. The Hall–Kier alpha value is -2.99. The molecule has 26 heavy (non-hydrogen) atoms. The van der Waals surface area contributed by atoms with Gasteiger partial charge < -0.3 is 5.32 Å². The molecule has 6 heteroatoms. The van der Waals surface area contributed by atoms with Crippen LogP contribution < -0.4 is 5.32 Å². The number of benzene rings is 2. The predicted molar refractivity (Wildman–Crippen MR) is 99.6 cm³/mol. The van der Waals surface area contributed by atoms with Crippen molar-refractivity contribution in [3.05, 3.63) is 87.9 Å². The lowest BCUT2D eigenvalue weighted by atomic mass is 9.82. The van der Waals surface area contributed by atoms with E-state index >= 15 is 0 Å². The van der Waals surface area contributed by atoms with E-state index in [2.05, 4.69) is 10.3 Å². The van der Waals surface area contributed by atoms with Gasteiger partial charge in [-0.15, -0.1) is 11.3 Å². The van der Waals surface area contributed by atoms with Crippen molar-refractivity contribution in [3.63, 3.8) is 0 Å². The molecule has 1 aromatic heterocycles. The van der Waals surface area contributed by atoms with Gasteiger partial charge in [-0.05, 0) is 18.1 Å². The van der Waals surface area contributed by atoms with Crippen LogP contribution >= 0.6 is 11.3 Å². The molecule has 0 bridgehead atoms. The van der Waals surface area contributed by atoms with Gasteiger partial charge in [0.25, 0.3) is 5.91 Å². The van der Waals surface area contributed by atoms with Crippen LogP contribution in [0.25, 0.3) is 0 Å². The lowest BCUT2D eigenvalue weighted by Crippen LogP contribution is -2.45. The molecule has 0 saturated carbocycles. The zero-order valence-electron chi connectivity index (χ0n) is 14.2. The topological polar surface area (TPSA) is 62.3 Å². The van der Waals surface area contributed by atoms with E-state index in [0.717, 1.165) is 16.1 Å². The molecule has 3 amide bonds. The number of nitrogens with zero attached hydrogens (tertiary/aromatic N) is 2. The lowest BCUT2D eigenvalue weighted by molar-refractivity contribution is -0.130. The maximum atomic E-state index is 13.5. The van der Waals surface area contributed by atoms with Crippen molar-refractivity contribution in [2.75, 3.05) is 0 Å². The van der Waals surface area contributed by atoms with E-state index in [1.54, 1.807) is 0 Å². The number of hydrogen-bond donors (Lipinski definition) is 1. The second-order valence-corrected chi connectivity index (χ2v) is 7.22. The number of urea groups is 1. The van der Waals surface area contributed by atoms with Crippen LogP contribution in [0.3, 0.4) is 0 Å². The summed E-state index contributed by atoms with van der Waals surface area (Å²) in [6.07, 6.45) is 0. The quantitative estimate of drug-likeness (QED) is 0.722. The first-order chi connectivity index (χ1) is 12.6. The van der Waals surface area contributed by atoms with Crippen LogP contribution in [0.2, 0.25) is 0 Å². The Balaban J connectivity index is 1.80. The number of thiazole rings is 1. The monoisotopic (exact) mass is 363 g/mol. The third kappa shape index (κ3) is 2.59. The SMILES string of the molecule is Cc1nc(CN2C(=O)NC(c3ccccc3)(c3ccccc3)C2=O)cs1. The fraction of sp³-hybridized carbons (Fsp3) is 0.150. The second kappa shape index (κ2) is 6.38. The summed E-state index contributed by atoms with van der Waals surface area (Å²) in [5.74, 6) is -0.287. The van der Waals surface area contributed by atoms with Crippen LogP contribution in [0, 0.1) is 6.92 Å². The predicted octanol–water partition coefficient (Wildman–Crippen LogP) is 3.45. The third-order valence-electron chi connectivity index (χ3n) is 4.51. The molecule has 0 atom stereocenters. The highest BCUT2D eigenvalue weighted by atomic mass is 32.1. The van der Waals surface area contributed by atoms with Crippen molar-refractivity contribution >= 4 is 23.3 Å². The standard InChI is InChI=1S/C20H17N3O2S/c1-14-21-17(13-26-14)12-23-18(24)20(22-19(23)25,15-8-4-2-5-9-15)16-10-6-3-7-11-16/h2-11,13H,12H2,1H3,(H,22,25). The Labute approximate surface area is 155 Å². The van der Waals surface area contributed by atoms with Crippen molar-refractivity contribution in [1.29, 1.82) is 0 Å². The minimum atomic E-state index is -1.22. The molecule has 0 spiro atoms. The van der Waals surface area contributed by atoms with Crippen LogP contribution in [0.4, 0.5) is 4.79 Å². The molecule has 3 aromatic rings. The largest absolute Gasteiger partial charge is 0.325 e. The Morgan fingerprint density at radius 3 is 2.08 bits per heavy atom. The molecule has 130 valence electrons. The maximum absolute atomic E-state index is 13.5. The number of carbonyl (C=O) groups is 2. The zero-order chi connectivity index (χ0) is 18.1. The zero-order valence-corrected chi connectivity index (χ0v) is 15.0. The van der Waals surface area contributed by atoms with Gasteiger partial charge in [-0.3, -0.25) is 9.69 Å². The number of carbonyl (C=O) groups excluding carboxylic acids is 2. The molecule has 5 nitrogen and oxygen atoms in total. The minimum absolute atomic E-state index is 0.163. The summed E-state index contributed by atoms with van der Waals surface area (Å²) < 4.78 is 0. The van der Waals surface area contributed by atoms with E-state index in [4.69, 9.17) is 0 Å². The number of hydrogen-bond acceptors (Lipinski definition) is 4. The van der Waals surface area contributed by atoms with Crippen LogP contribution in [0.1, 0.15) is 21.8 Å². The van der Waals surface area contributed by atoms with Gasteiger partial charge in [-0.2, -0.15) is 0 Å². The molecular formula is C20H17N3O2S. The summed E-state index contributed by atoms with van der Waals surface area (Å²) in [6, 6.07) is 18.3. The first-order valence-corrected chi connectivity index (χ1v) is 9.15. The summed E-state index contributed by atoms with van der Waals surface area (Å²) in [7, 11) is 0. The Bertz CT molecular complexity index is 914. The fourth-order valence-corrected chi connectivity index (χ4v) is 3.90. The Kier molecular flexibility index (Phi) is 4.05. The maximum Gasteiger partial charge on any atom is 0.325 e. The normalized spacial score (nSPS) is 16.0. The van der Waals surface area contributed by atoms with Crippen molar-refractivity contribution < 1.29 is 9.59 Å². The molecular weight excluding hydrogens is 346 g/mol. The van der Waals surface area contributed by atoms with Crippen molar-refractivity contribution in [1.82, 2.24) is 15.2 Å². The molecule has 2 heterocycles. The minimum Gasteiger partial charge on any atom is -0.315 e. The fourth-order valence-electron chi connectivity index (χ4n) is 3.30. The van der Waals surface area contributed by atoms with Crippen LogP contribution in [0.5, 0.6) is 0 Å². The third-order valence-corrected chi connectivity index (χ3v) is 5.33. The van der Waals surface area contributed by atoms with E-state index in [0.29, 0.717) is 5.69 Å². The van der Waals surface area contributed by atoms with Crippen LogP contribution in [0.15, 0.2) is 66.0 Å². The Morgan fingerprint density at radius 2 is 1.58 bits per heavy atom. The number of nitrogens with one attached hydrogen (secondary N) is 1. The molecule has 0 radical (unpaired) electrons. The molecule has 0 aliphatic carbocycles. The first kappa shape index (κ1) is 16.5. The molecule has 0 unspecified atom stereocenters. The van der Waals surface area contributed by atoms with Gasteiger partial charge in [-0.25, -0.2) is 9.78 Å². The highest BCUT2D eigenvalue weighted by molar-refractivity contribution is 7.09. The number of amides is 3. The molecule has 2 aromatic carbocycles. The second-order valence-electron chi connectivity index (χ2n) is 6.16. The summed E-state index contributed by atoms with van der Waals surface area (Å²) in [5, 5.41) is 5.72. The van der Waals surface area contributed by atoms with Gasteiger partial charge in [-0.1, -0.05) is 60.7 Å². The van der Waals surface area contributed by atoms with Gasteiger partial charge in [0, 0.05) is 5.38 Å². The summed E-state index contributed by atoms with van der Waals surface area (Å²) in [5.41, 5.74) is 0.973. The van der Waals surface area contributed by atoms with Gasteiger partial charge in [0.1, 0.15) is 0 Å². The number of aryl methyl sites for hydroxylation is 1. The molecule has 1 N–H and O–H groups in total. The van der Waals surface area contributed by atoms with Crippen LogP contribution in [-0.4, -0.2) is 21.8 Å². The van der Waals surface area contributed by atoms with Gasteiger partial charge in [0.15, 0.2) is 5.54 Å². The first-order valence-electron chi connectivity index (χ1n) is 8.27. The van der Waals surface area contributed by atoms with E-state index < -0.39 is 11.6 Å². The number of aromatic nitrogens is 1. The summed E-state index contributed by atoms with van der Waals surface area (Å²) in [4.78, 5) is 31.8. The van der Waals surface area contributed by atoms with E-state index in [-0.39, 0.29) is 12.5 Å². The van der Waals surface area contributed by atoms with Gasteiger partial charge in [0.2, 0.25) is 0 Å². The Morgan fingerprint density at radius 1 is 1.00 bits per heavy atom. The highest BCUT2D eigenvalue weighted by Gasteiger charge is 2.53. The van der Waals surface area contributed by atoms with Crippen LogP contribution in [-0.2, 0) is 16.9 Å². The van der Waals surface area contributed by atoms with Gasteiger partial charge >= 0.3 is 6.03 Å². The molecule has 1 saturated heterocycles. The average molecular weight is 363 g/mol. The number of rotatable bonds is 4. The molecule has 1 aliphatic rings. The molecule has 4 rings (SSSR count). The molecule has 1 fully saturated rings. The van der Waals surface area contributed by atoms with Crippen molar-refractivity contribution in [2.24, 2.45) is 0 Å². The lowest BCUT2D eigenvalue weighted by Gasteiger charge is -2.27. The molecule has 1 aliphatic heterocycles.